The van der Waals surface area contributed by atoms with Crippen LogP contribution < -0.4 is 5.84 Å². The standard InChI is InChI=1S/C26H28N2O3/c27-28(26(30)31)24(19-29)18-23(20-10-4-1-5-11-20)16-17-25(21-12-6-2-7-13-21)22-14-8-3-9-15-22/h1-15,19,23-25H,16-18,27H2,(H,30,31). The lowest BCUT2D eigenvalue weighted by Crippen LogP contribution is -2.46. The lowest BCUT2D eigenvalue weighted by Gasteiger charge is -2.27. The Morgan fingerprint density at radius 1 is 0.806 bits per heavy atom. The van der Waals surface area contributed by atoms with Gasteiger partial charge in [-0.3, -0.25) is 0 Å². The van der Waals surface area contributed by atoms with Gasteiger partial charge in [-0.1, -0.05) is 91.0 Å². The molecule has 2 unspecified atom stereocenters. The topological polar surface area (TPSA) is 83.6 Å². The molecular formula is C26H28N2O3. The van der Waals surface area contributed by atoms with Crippen LogP contribution in [0.15, 0.2) is 91.0 Å². The van der Waals surface area contributed by atoms with Gasteiger partial charge in [0.05, 0.1) is 0 Å². The molecule has 0 aliphatic rings. The molecule has 31 heavy (non-hydrogen) atoms. The van der Waals surface area contributed by atoms with Gasteiger partial charge in [0.1, 0.15) is 12.3 Å². The Morgan fingerprint density at radius 2 is 1.26 bits per heavy atom. The van der Waals surface area contributed by atoms with Gasteiger partial charge < -0.3 is 9.90 Å². The molecule has 0 fully saturated rings. The Kier molecular flexibility index (Phi) is 7.96. The van der Waals surface area contributed by atoms with E-state index >= 15 is 0 Å². The zero-order valence-electron chi connectivity index (χ0n) is 17.4. The number of aldehydes is 1. The molecule has 160 valence electrons. The molecule has 3 rings (SSSR count). The number of amides is 1. The summed E-state index contributed by atoms with van der Waals surface area (Å²) < 4.78 is 0. The molecule has 0 aliphatic heterocycles. The summed E-state index contributed by atoms with van der Waals surface area (Å²) >= 11 is 0. The Balaban J connectivity index is 1.85. The highest BCUT2D eigenvalue weighted by Crippen LogP contribution is 2.35. The fraction of sp³-hybridized carbons (Fsp3) is 0.231. The summed E-state index contributed by atoms with van der Waals surface area (Å²) in [5.41, 5.74) is 3.55. The van der Waals surface area contributed by atoms with E-state index in [-0.39, 0.29) is 11.8 Å². The van der Waals surface area contributed by atoms with Gasteiger partial charge in [-0.2, -0.15) is 0 Å². The molecule has 0 radical (unpaired) electrons. The molecule has 0 saturated heterocycles. The molecule has 3 N–H and O–H groups in total. The SMILES string of the molecule is NN(C(=O)O)C(C=O)CC(CCC(c1ccccc1)c1ccccc1)c1ccccc1. The van der Waals surface area contributed by atoms with Crippen LogP contribution in [0.5, 0.6) is 0 Å². The van der Waals surface area contributed by atoms with E-state index in [2.05, 4.69) is 24.3 Å². The van der Waals surface area contributed by atoms with Crippen LogP contribution in [0.25, 0.3) is 0 Å². The first-order chi connectivity index (χ1) is 15.1. The highest BCUT2D eigenvalue weighted by atomic mass is 16.4. The van der Waals surface area contributed by atoms with Crippen molar-refractivity contribution in [1.29, 1.82) is 0 Å². The highest BCUT2D eigenvalue weighted by Gasteiger charge is 2.26. The number of hydrogen-bond acceptors (Lipinski definition) is 3. The van der Waals surface area contributed by atoms with Crippen molar-refractivity contribution in [1.82, 2.24) is 5.01 Å². The number of hydrogen-bond donors (Lipinski definition) is 2. The molecule has 0 aliphatic carbocycles. The molecule has 3 aromatic carbocycles. The highest BCUT2D eigenvalue weighted by molar-refractivity contribution is 5.71. The minimum atomic E-state index is -1.31. The number of benzene rings is 3. The lowest BCUT2D eigenvalue weighted by atomic mass is 9.81. The van der Waals surface area contributed by atoms with Gasteiger partial charge in [0.25, 0.3) is 0 Å². The van der Waals surface area contributed by atoms with Crippen molar-refractivity contribution in [2.24, 2.45) is 5.84 Å². The minimum absolute atomic E-state index is 0.00303. The zero-order chi connectivity index (χ0) is 22.1. The van der Waals surface area contributed by atoms with E-state index in [1.165, 1.54) is 11.1 Å². The van der Waals surface area contributed by atoms with Crippen molar-refractivity contribution in [3.63, 3.8) is 0 Å². The molecule has 0 bridgehead atoms. The number of nitrogens with zero attached hydrogens (tertiary/aromatic N) is 1. The van der Waals surface area contributed by atoms with Crippen LogP contribution in [0.4, 0.5) is 4.79 Å². The second-order valence-electron chi connectivity index (χ2n) is 7.69. The van der Waals surface area contributed by atoms with Gasteiger partial charge in [0, 0.05) is 5.92 Å². The maximum Gasteiger partial charge on any atom is 0.422 e. The number of carboxylic acid groups (broad SMARTS) is 1. The number of rotatable bonds is 10. The van der Waals surface area contributed by atoms with E-state index in [9.17, 15) is 14.7 Å². The zero-order valence-corrected chi connectivity index (χ0v) is 17.4. The van der Waals surface area contributed by atoms with Crippen molar-refractivity contribution in [2.45, 2.75) is 37.1 Å². The molecule has 5 heteroatoms. The maximum absolute atomic E-state index is 11.6. The fourth-order valence-corrected chi connectivity index (χ4v) is 4.08. The summed E-state index contributed by atoms with van der Waals surface area (Å²) in [6, 6.07) is 29.7. The molecule has 5 nitrogen and oxygen atoms in total. The lowest BCUT2D eigenvalue weighted by molar-refractivity contribution is -0.112. The molecule has 0 heterocycles. The number of hydrazine groups is 1. The third-order valence-corrected chi connectivity index (χ3v) is 5.74. The summed E-state index contributed by atoms with van der Waals surface area (Å²) in [6.45, 7) is 0. The van der Waals surface area contributed by atoms with E-state index in [1.54, 1.807) is 0 Å². The minimum Gasteiger partial charge on any atom is -0.464 e. The average molecular weight is 417 g/mol. The fourth-order valence-electron chi connectivity index (χ4n) is 4.08. The summed E-state index contributed by atoms with van der Waals surface area (Å²) in [4.78, 5) is 22.9. The van der Waals surface area contributed by atoms with Crippen LogP contribution >= 0.6 is 0 Å². The van der Waals surface area contributed by atoms with Crippen LogP contribution in [0, 0.1) is 0 Å². The second-order valence-corrected chi connectivity index (χ2v) is 7.69. The van der Waals surface area contributed by atoms with E-state index in [0.717, 1.165) is 18.4 Å². The number of carbonyl (C=O) groups excluding carboxylic acids is 1. The van der Waals surface area contributed by atoms with Gasteiger partial charge in [-0.05, 0) is 41.9 Å². The molecule has 0 aromatic heterocycles. The van der Waals surface area contributed by atoms with Crippen LogP contribution in [0.1, 0.15) is 47.8 Å². The summed E-state index contributed by atoms with van der Waals surface area (Å²) in [7, 11) is 0. The Bertz CT molecular complexity index is 909. The third kappa shape index (κ3) is 6.03. The van der Waals surface area contributed by atoms with Crippen molar-refractivity contribution < 1.29 is 14.7 Å². The molecule has 3 aromatic rings. The molecule has 1 amide bonds. The quantitative estimate of drug-likeness (QED) is 0.206. The van der Waals surface area contributed by atoms with Crippen LogP contribution in [0.2, 0.25) is 0 Å². The summed E-state index contributed by atoms with van der Waals surface area (Å²) in [6.07, 6.45) is 1.30. The third-order valence-electron chi connectivity index (χ3n) is 5.74. The van der Waals surface area contributed by atoms with Crippen molar-refractivity contribution in [3.05, 3.63) is 108 Å². The van der Waals surface area contributed by atoms with E-state index < -0.39 is 12.1 Å². The Morgan fingerprint density at radius 3 is 1.68 bits per heavy atom. The normalized spacial score (nSPS) is 12.8. The Hall–Kier alpha value is -3.44. The van der Waals surface area contributed by atoms with E-state index in [0.29, 0.717) is 17.7 Å². The average Bonchev–Trinajstić information content (AvgIpc) is 2.82. The van der Waals surface area contributed by atoms with Crippen LogP contribution in [-0.2, 0) is 4.79 Å². The van der Waals surface area contributed by atoms with Gasteiger partial charge in [-0.25, -0.2) is 15.6 Å². The molecule has 2 atom stereocenters. The van der Waals surface area contributed by atoms with Crippen molar-refractivity contribution in [3.8, 4) is 0 Å². The monoisotopic (exact) mass is 416 g/mol. The largest absolute Gasteiger partial charge is 0.464 e. The van der Waals surface area contributed by atoms with E-state index in [4.69, 9.17) is 5.84 Å². The van der Waals surface area contributed by atoms with Gasteiger partial charge >= 0.3 is 6.09 Å². The van der Waals surface area contributed by atoms with Crippen molar-refractivity contribution >= 4 is 12.4 Å². The van der Waals surface area contributed by atoms with E-state index in [1.807, 2.05) is 66.7 Å². The predicted octanol–water partition coefficient (Wildman–Crippen LogP) is 5.19. The molecular weight excluding hydrogens is 388 g/mol. The predicted molar refractivity (Wildman–Crippen MR) is 122 cm³/mol. The van der Waals surface area contributed by atoms with Gasteiger partial charge in [0.2, 0.25) is 0 Å². The number of nitrogens with two attached hydrogens (primary N) is 1. The molecule has 0 saturated carbocycles. The summed E-state index contributed by atoms with van der Waals surface area (Å²) in [5, 5.41) is 9.83. The van der Waals surface area contributed by atoms with Gasteiger partial charge in [0.15, 0.2) is 0 Å². The smallest absolute Gasteiger partial charge is 0.422 e. The summed E-state index contributed by atoms with van der Waals surface area (Å²) in [5.74, 6) is 5.84. The Labute approximate surface area is 183 Å². The van der Waals surface area contributed by atoms with Crippen LogP contribution in [-0.4, -0.2) is 28.5 Å². The van der Waals surface area contributed by atoms with Gasteiger partial charge in [-0.15, -0.1) is 0 Å². The first-order valence-corrected chi connectivity index (χ1v) is 10.5. The maximum atomic E-state index is 11.6. The first-order valence-electron chi connectivity index (χ1n) is 10.5. The first kappa shape index (κ1) is 22.2. The second kappa shape index (κ2) is 11.1. The molecule has 0 spiro atoms. The van der Waals surface area contributed by atoms with Crippen molar-refractivity contribution in [2.75, 3.05) is 0 Å². The number of carbonyl (C=O) groups is 2. The van der Waals surface area contributed by atoms with Crippen LogP contribution in [0.3, 0.4) is 0 Å².